The Balaban J connectivity index is 1.65. The summed E-state index contributed by atoms with van der Waals surface area (Å²) < 4.78 is 5.10. The Labute approximate surface area is 165 Å². The molecule has 0 aliphatic carbocycles. The van der Waals surface area contributed by atoms with Gasteiger partial charge in [0.15, 0.2) is 5.13 Å². The number of hydrogen-bond donors (Lipinski definition) is 1. The Kier molecular flexibility index (Phi) is 5.93. The molecule has 1 aromatic heterocycles. The van der Waals surface area contributed by atoms with E-state index in [1.807, 2.05) is 35.7 Å². The molecule has 0 unspecified atom stereocenters. The third kappa shape index (κ3) is 4.64. The lowest BCUT2D eigenvalue weighted by molar-refractivity contribution is -0.111. The highest BCUT2D eigenvalue weighted by molar-refractivity contribution is 7.14. The molecule has 0 bridgehead atoms. The predicted molar refractivity (Wildman–Crippen MR) is 108 cm³/mol. The average molecular weight is 405 g/mol. The van der Waals surface area contributed by atoms with Gasteiger partial charge in [0.05, 0.1) is 22.8 Å². The van der Waals surface area contributed by atoms with Gasteiger partial charge < -0.3 is 4.74 Å². The zero-order chi connectivity index (χ0) is 18.5. The summed E-state index contributed by atoms with van der Waals surface area (Å²) in [6, 6.07) is 12.7. The van der Waals surface area contributed by atoms with Crippen molar-refractivity contribution in [3.63, 3.8) is 0 Å². The highest BCUT2D eigenvalue weighted by Crippen LogP contribution is 2.30. The topological polar surface area (TPSA) is 51.2 Å². The minimum absolute atomic E-state index is 0.254. The van der Waals surface area contributed by atoms with Gasteiger partial charge in [-0.3, -0.25) is 10.1 Å². The molecule has 1 heterocycles. The monoisotopic (exact) mass is 404 g/mol. The van der Waals surface area contributed by atoms with Crippen LogP contribution in [-0.4, -0.2) is 18.0 Å². The number of amides is 1. The number of carbonyl (C=O) groups is 1. The van der Waals surface area contributed by atoms with Crippen LogP contribution in [0, 0.1) is 0 Å². The molecule has 132 valence electrons. The van der Waals surface area contributed by atoms with Gasteiger partial charge in [-0.2, -0.15) is 0 Å². The zero-order valence-electron chi connectivity index (χ0n) is 13.7. The highest BCUT2D eigenvalue weighted by Gasteiger charge is 2.08. The second-order valence-electron chi connectivity index (χ2n) is 5.26. The van der Waals surface area contributed by atoms with Crippen molar-refractivity contribution in [3.8, 4) is 17.0 Å². The van der Waals surface area contributed by atoms with Crippen molar-refractivity contribution in [2.24, 2.45) is 0 Å². The number of anilines is 1. The van der Waals surface area contributed by atoms with Crippen molar-refractivity contribution in [2.75, 3.05) is 12.4 Å². The molecule has 0 aliphatic rings. The number of halogens is 2. The maximum atomic E-state index is 12.1. The van der Waals surface area contributed by atoms with Gasteiger partial charge in [-0.15, -0.1) is 11.3 Å². The minimum atomic E-state index is -0.254. The number of rotatable bonds is 5. The van der Waals surface area contributed by atoms with E-state index in [1.54, 1.807) is 25.3 Å². The molecule has 7 heteroatoms. The number of hydrogen-bond acceptors (Lipinski definition) is 4. The zero-order valence-corrected chi connectivity index (χ0v) is 16.0. The number of methoxy groups -OCH3 is 1. The van der Waals surface area contributed by atoms with Crippen molar-refractivity contribution >= 4 is 51.7 Å². The molecule has 26 heavy (non-hydrogen) atoms. The normalized spacial score (nSPS) is 10.9. The second kappa shape index (κ2) is 8.36. The molecule has 0 atom stereocenters. The van der Waals surface area contributed by atoms with Gasteiger partial charge in [-0.1, -0.05) is 41.4 Å². The number of benzene rings is 2. The Morgan fingerprint density at radius 2 is 1.92 bits per heavy atom. The quantitative estimate of drug-likeness (QED) is 0.548. The van der Waals surface area contributed by atoms with Crippen LogP contribution < -0.4 is 10.1 Å². The van der Waals surface area contributed by atoms with Crippen LogP contribution in [0.25, 0.3) is 17.3 Å². The third-order valence-electron chi connectivity index (χ3n) is 3.49. The minimum Gasteiger partial charge on any atom is -0.497 e. The number of thiazole rings is 1. The van der Waals surface area contributed by atoms with Gasteiger partial charge in [-0.05, 0) is 35.9 Å². The molecule has 0 spiro atoms. The van der Waals surface area contributed by atoms with E-state index in [2.05, 4.69) is 10.3 Å². The fourth-order valence-corrected chi connectivity index (χ4v) is 3.17. The molecular formula is C19H14Cl2N2O2S. The molecule has 3 aromatic rings. The molecule has 0 radical (unpaired) electrons. The summed E-state index contributed by atoms with van der Waals surface area (Å²) in [6.07, 6.45) is 3.18. The lowest BCUT2D eigenvalue weighted by Gasteiger charge is -2.00. The van der Waals surface area contributed by atoms with Crippen molar-refractivity contribution in [1.29, 1.82) is 0 Å². The van der Waals surface area contributed by atoms with Crippen LogP contribution in [-0.2, 0) is 4.79 Å². The van der Waals surface area contributed by atoms with E-state index in [-0.39, 0.29) is 5.91 Å². The van der Waals surface area contributed by atoms with E-state index in [0.717, 1.165) is 22.6 Å². The molecule has 1 amide bonds. The maximum Gasteiger partial charge on any atom is 0.250 e. The number of nitrogens with one attached hydrogen (secondary N) is 1. The Hall–Kier alpha value is -2.34. The summed E-state index contributed by atoms with van der Waals surface area (Å²) in [5.74, 6) is 0.514. The Morgan fingerprint density at radius 1 is 1.15 bits per heavy atom. The van der Waals surface area contributed by atoms with Gasteiger partial charge >= 0.3 is 0 Å². The largest absolute Gasteiger partial charge is 0.497 e. The average Bonchev–Trinajstić information content (AvgIpc) is 3.11. The number of nitrogens with zero attached hydrogens (tertiary/aromatic N) is 1. The first-order valence-electron chi connectivity index (χ1n) is 7.59. The summed E-state index contributed by atoms with van der Waals surface area (Å²) in [4.78, 5) is 16.5. The lowest BCUT2D eigenvalue weighted by Crippen LogP contribution is -2.07. The molecule has 2 aromatic carbocycles. The molecule has 0 fully saturated rings. The van der Waals surface area contributed by atoms with E-state index in [4.69, 9.17) is 27.9 Å². The van der Waals surface area contributed by atoms with Crippen LogP contribution >= 0.6 is 34.5 Å². The summed E-state index contributed by atoms with van der Waals surface area (Å²) in [7, 11) is 1.61. The van der Waals surface area contributed by atoms with Crippen molar-refractivity contribution in [3.05, 3.63) is 69.5 Å². The fraction of sp³-hybridized carbons (Fsp3) is 0.0526. The first kappa shape index (κ1) is 18.5. The SMILES string of the molecule is COc1ccc(/C=C/C(=O)Nc2nc(-c3ccc(Cl)c(Cl)c3)cs2)cc1. The van der Waals surface area contributed by atoms with Gasteiger partial charge in [0, 0.05) is 17.0 Å². The summed E-state index contributed by atoms with van der Waals surface area (Å²) in [5.41, 5.74) is 2.46. The van der Waals surface area contributed by atoms with Crippen molar-refractivity contribution in [1.82, 2.24) is 4.98 Å². The standard InChI is InChI=1S/C19H14Cl2N2O2S/c1-25-14-6-2-12(3-7-14)4-9-18(24)23-19-22-17(11-26-19)13-5-8-15(20)16(21)10-13/h2-11H,1H3,(H,22,23,24)/b9-4+. The Morgan fingerprint density at radius 3 is 2.62 bits per heavy atom. The van der Waals surface area contributed by atoms with Gasteiger partial charge in [0.2, 0.25) is 5.91 Å². The molecular weight excluding hydrogens is 391 g/mol. The predicted octanol–water partition coefficient (Wildman–Crippen LogP) is 5.78. The van der Waals surface area contributed by atoms with Crippen LogP contribution in [0.2, 0.25) is 10.0 Å². The lowest BCUT2D eigenvalue weighted by atomic mass is 10.2. The molecule has 3 rings (SSSR count). The van der Waals surface area contributed by atoms with Crippen LogP contribution in [0.15, 0.2) is 53.9 Å². The van der Waals surface area contributed by atoms with E-state index in [1.165, 1.54) is 17.4 Å². The Bertz CT molecular complexity index is 952. The molecule has 0 saturated heterocycles. The van der Waals surface area contributed by atoms with Gasteiger partial charge in [0.1, 0.15) is 5.75 Å². The molecule has 0 aliphatic heterocycles. The van der Waals surface area contributed by atoms with E-state index < -0.39 is 0 Å². The summed E-state index contributed by atoms with van der Waals surface area (Å²) in [5, 5.41) is 6.06. The summed E-state index contributed by atoms with van der Waals surface area (Å²) >= 11 is 13.3. The van der Waals surface area contributed by atoms with Crippen molar-refractivity contribution < 1.29 is 9.53 Å². The van der Waals surface area contributed by atoms with Crippen LogP contribution in [0.4, 0.5) is 5.13 Å². The van der Waals surface area contributed by atoms with Crippen molar-refractivity contribution in [2.45, 2.75) is 0 Å². The van der Waals surface area contributed by atoms with E-state index in [9.17, 15) is 4.79 Å². The van der Waals surface area contributed by atoms with Crippen LogP contribution in [0.1, 0.15) is 5.56 Å². The molecule has 0 saturated carbocycles. The number of aromatic nitrogens is 1. The first-order valence-corrected chi connectivity index (χ1v) is 9.23. The fourth-order valence-electron chi connectivity index (χ4n) is 2.15. The second-order valence-corrected chi connectivity index (χ2v) is 6.94. The van der Waals surface area contributed by atoms with E-state index >= 15 is 0 Å². The summed E-state index contributed by atoms with van der Waals surface area (Å²) in [6.45, 7) is 0. The molecule has 1 N–H and O–H groups in total. The van der Waals surface area contributed by atoms with E-state index in [0.29, 0.717) is 15.2 Å². The van der Waals surface area contributed by atoms with Gasteiger partial charge in [-0.25, -0.2) is 4.98 Å². The highest BCUT2D eigenvalue weighted by atomic mass is 35.5. The smallest absolute Gasteiger partial charge is 0.250 e. The number of carbonyl (C=O) groups excluding carboxylic acids is 1. The molecule has 4 nitrogen and oxygen atoms in total. The third-order valence-corrected chi connectivity index (χ3v) is 4.99. The van der Waals surface area contributed by atoms with Gasteiger partial charge in [0.25, 0.3) is 0 Å². The maximum absolute atomic E-state index is 12.1. The first-order chi connectivity index (χ1) is 12.5. The van der Waals surface area contributed by atoms with Crippen LogP contribution in [0.5, 0.6) is 5.75 Å². The number of ether oxygens (including phenoxy) is 1. The van der Waals surface area contributed by atoms with Crippen LogP contribution in [0.3, 0.4) is 0 Å².